The van der Waals surface area contributed by atoms with Gasteiger partial charge >= 0.3 is 0 Å². The number of carbonyl (C=O) groups is 1. The molecule has 3 atom stereocenters. The van der Waals surface area contributed by atoms with E-state index in [-0.39, 0.29) is 6.61 Å². The Kier molecular flexibility index (Phi) is 10.1. The molecule has 0 aliphatic heterocycles. The van der Waals surface area contributed by atoms with Gasteiger partial charge < -0.3 is 19.8 Å². The zero-order valence-corrected chi connectivity index (χ0v) is 23.6. The summed E-state index contributed by atoms with van der Waals surface area (Å²) in [7, 11) is 0. The lowest BCUT2D eigenvalue weighted by molar-refractivity contribution is -0.160. The first kappa shape index (κ1) is 29.2. The molecule has 0 bridgehead atoms. The van der Waals surface area contributed by atoms with Crippen molar-refractivity contribution in [2.24, 2.45) is 0 Å². The summed E-state index contributed by atoms with van der Waals surface area (Å²) in [5.41, 5.74) is 3.87. The number of hydrogen-bond donors (Lipinski definition) is 2. The number of fused-ring (bicyclic) bond motifs is 1. The number of aliphatic hydroxyl groups excluding tert-OH is 2. The Balaban J connectivity index is 1.37. The van der Waals surface area contributed by atoms with Crippen LogP contribution in [-0.4, -0.2) is 39.3 Å². The smallest absolute Gasteiger partial charge is 0.254 e. The summed E-state index contributed by atoms with van der Waals surface area (Å²) in [6.45, 7) is 0.797. The molecule has 0 aromatic heterocycles. The van der Waals surface area contributed by atoms with Crippen molar-refractivity contribution in [2.45, 2.75) is 50.8 Å². The Bertz CT molecular complexity index is 1500. The highest BCUT2D eigenvalue weighted by molar-refractivity contribution is 5.83. The molecule has 5 heteroatoms. The lowest BCUT2D eigenvalue weighted by Crippen LogP contribution is -2.50. The van der Waals surface area contributed by atoms with Gasteiger partial charge in [-0.25, -0.2) is 0 Å². The minimum atomic E-state index is -1.55. The maximum absolute atomic E-state index is 13.9. The highest BCUT2D eigenvalue weighted by Gasteiger charge is 2.35. The van der Waals surface area contributed by atoms with Gasteiger partial charge in [-0.1, -0.05) is 127 Å². The van der Waals surface area contributed by atoms with Crippen LogP contribution in [0.4, 0.5) is 0 Å². The maximum Gasteiger partial charge on any atom is 0.254 e. The highest BCUT2D eigenvalue weighted by atomic mass is 16.5. The first-order valence-corrected chi connectivity index (χ1v) is 14.4. The largest absolute Gasteiger partial charge is 0.390 e. The van der Waals surface area contributed by atoms with E-state index in [2.05, 4.69) is 0 Å². The number of aryl methyl sites for hydroxylation is 1. The minimum Gasteiger partial charge on any atom is -0.390 e. The fourth-order valence-corrected chi connectivity index (χ4v) is 5.20. The van der Waals surface area contributed by atoms with Gasteiger partial charge in [0.15, 0.2) is 6.10 Å². The van der Waals surface area contributed by atoms with Crippen molar-refractivity contribution in [2.75, 3.05) is 0 Å². The maximum atomic E-state index is 13.9. The Morgan fingerprint density at radius 2 is 1.14 bits per heavy atom. The van der Waals surface area contributed by atoms with Gasteiger partial charge in [0.2, 0.25) is 0 Å². The molecular formula is C37H37NO4. The Morgan fingerprint density at radius 3 is 1.74 bits per heavy atom. The van der Waals surface area contributed by atoms with E-state index < -0.39 is 24.2 Å². The van der Waals surface area contributed by atoms with E-state index in [1.165, 1.54) is 0 Å². The topological polar surface area (TPSA) is 70.0 Å². The van der Waals surface area contributed by atoms with Crippen LogP contribution in [0.1, 0.15) is 28.7 Å². The minimum absolute atomic E-state index is 0.152. The average molecular weight is 560 g/mol. The van der Waals surface area contributed by atoms with Gasteiger partial charge in [-0.05, 0) is 51.9 Å². The van der Waals surface area contributed by atoms with Crippen LogP contribution in [0.15, 0.2) is 133 Å². The molecule has 0 fully saturated rings. The quantitative estimate of drug-likeness (QED) is 0.177. The summed E-state index contributed by atoms with van der Waals surface area (Å²) in [5.74, 6) is -0.482. The van der Waals surface area contributed by atoms with Gasteiger partial charge in [0.25, 0.3) is 5.91 Å². The molecular weight excluding hydrogens is 522 g/mol. The predicted octanol–water partition coefficient (Wildman–Crippen LogP) is 6.31. The predicted molar refractivity (Wildman–Crippen MR) is 166 cm³/mol. The average Bonchev–Trinajstić information content (AvgIpc) is 3.04. The van der Waals surface area contributed by atoms with Crippen LogP contribution in [0.2, 0.25) is 0 Å². The normalized spacial score (nSPS) is 13.4. The molecule has 0 aliphatic rings. The molecule has 214 valence electrons. The van der Waals surface area contributed by atoms with E-state index in [0.717, 1.165) is 33.0 Å². The third-order valence-corrected chi connectivity index (χ3v) is 7.52. The fraction of sp³-hybridized carbons (Fsp3) is 0.216. The van der Waals surface area contributed by atoms with E-state index in [1.54, 1.807) is 4.90 Å². The van der Waals surface area contributed by atoms with Crippen LogP contribution < -0.4 is 0 Å². The second kappa shape index (κ2) is 14.6. The first-order valence-electron chi connectivity index (χ1n) is 14.4. The molecule has 5 aromatic rings. The van der Waals surface area contributed by atoms with Crippen LogP contribution in [-0.2, 0) is 35.6 Å². The highest BCUT2D eigenvalue weighted by Crippen LogP contribution is 2.21. The molecule has 5 aromatic carbocycles. The number of carbonyl (C=O) groups excluding carboxylic acids is 1. The van der Waals surface area contributed by atoms with Crippen molar-refractivity contribution in [1.29, 1.82) is 0 Å². The van der Waals surface area contributed by atoms with E-state index in [9.17, 15) is 15.0 Å². The summed E-state index contributed by atoms with van der Waals surface area (Å²) in [6, 6.07) is 43.4. The van der Waals surface area contributed by atoms with E-state index in [4.69, 9.17) is 4.74 Å². The molecule has 42 heavy (non-hydrogen) atoms. The zero-order chi connectivity index (χ0) is 29.1. The molecule has 5 rings (SSSR count). The van der Waals surface area contributed by atoms with E-state index in [1.807, 2.05) is 133 Å². The molecule has 0 saturated heterocycles. The lowest BCUT2D eigenvalue weighted by atomic mass is 9.99. The molecule has 0 heterocycles. The van der Waals surface area contributed by atoms with Crippen LogP contribution in [0.3, 0.4) is 0 Å². The lowest BCUT2D eigenvalue weighted by Gasteiger charge is -2.32. The van der Waals surface area contributed by atoms with Crippen LogP contribution in [0.25, 0.3) is 10.8 Å². The van der Waals surface area contributed by atoms with Crippen molar-refractivity contribution in [1.82, 2.24) is 4.90 Å². The SMILES string of the molecule is O=C(C(O)C(OCc1ccc2ccccc2c1)C(O)CCc1ccccc1)N(Cc1ccccc1)Cc1ccccc1. The molecule has 0 aliphatic carbocycles. The van der Waals surface area contributed by atoms with Crippen LogP contribution >= 0.6 is 0 Å². The molecule has 3 unspecified atom stereocenters. The van der Waals surface area contributed by atoms with Gasteiger partial charge in [-0.2, -0.15) is 0 Å². The van der Waals surface area contributed by atoms with Gasteiger partial charge in [0, 0.05) is 13.1 Å². The summed E-state index contributed by atoms with van der Waals surface area (Å²) in [6.07, 6.45) is -2.78. The molecule has 0 saturated carbocycles. The summed E-state index contributed by atoms with van der Waals surface area (Å²) >= 11 is 0. The summed E-state index contributed by atoms with van der Waals surface area (Å²) in [4.78, 5) is 15.6. The van der Waals surface area contributed by atoms with Gasteiger partial charge in [0.1, 0.15) is 6.10 Å². The van der Waals surface area contributed by atoms with E-state index in [0.29, 0.717) is 25.9 Å². The van der Waals surface area contributed by atoms with Crippen molar-refractivity contribution >= 4 is 16.7 Å². The number of nitrogens with zero attached hydrogens (tertiary/aromatic N) is 1. The zero-order valence-electron chi connectivity index (χ0n) is 23.6. The molecule has 0 radical (unpaired) electrons. The Hall–Kier alpha value is -4.29. The molecule has 0 spiro atoms. The number of benzene rings is 5. The number of hydrogen-bond acceptors (Lipinski definition) is 4. The number of aliphatic hydroxyl groups is 2. The second-order valence-electron chi connectivity index (χ2n) is 10.7. The van der Waals surface area contributed by atoms with Crippen molar-refractivity contribution in [3.63, 3.8) is 0 Å². The standard InChI is InChI=1S/C37H37NO4/c39-34(23-21-28-12-4-1-5-13-28)36(42-27-31-20-22-32-18-10-11-19-33(32)24-31)35(40)37(41)38(25-29-14-6-2-7-15-29)26-30-16-8-3-9-17-30/h1-20,22,24,34-36,39-40H,21,23,25-27H2. The third kappa shape index (κ3) is 7.92. The first-order chi connectivity index (χ1) is 20.6. The number of amides is 1. The van der Waals surface area contributed by atoms with Crippen LogP contribution in [0.5, 0.6) is 0 Å². The molecule has 1 amide bonds. The fourth-order valence-electron chi connectivity index (χ4n) is 5.20. The van der Waals surface area contributed by atoms with Crippen LogP contribution in [0, 0.1) is 0 Å². The Labute approximate surface area is 247 Å². The summed E-state index contributed by atoms with van der Waals surface area (Å²) in [5, 5.41) is 25.1. The third-order valence-electron chi connectivity index (χ3n) is 7.52. The monoisotopic (exact) mass is 559 g/mol. The number of ether oxygens (including phenoxy) is 1. The van der Waals surface area contributed by atoms with Gasteiger partial charge in [-0.3, -0.25) is 4.79 Å². The van der Waals surface area contributed by atoms with Gasteiger partial charge in [-0.15, -0.1) is 0 Å². The van der Waals surface area contributed by atoms with Crippen molar-refractivity contribution in [3.05, 3.63) is 156 Å². The van der Waals surface area contributed by atoms with Gasteiger partial charge in [0.05, 0.1) is 12.7 Å². The number of rotatable bonds is 13. The summed E-state index contributed by atoms with van der Waals surface area (Å²) < 4.78 is 6.21. The van der Waals surface area contributed by atoms with Crippen molar-refractivity contribution in [3.8, 4) is 0 Å². The Morgan fingerprint density at radius 1 is 0.619 bits per heavy atom. The second-order valence-corrected chi connectivity index (χ2v) is 10.7. The van der Waals surface area contributed by atoms with E-state index >= 15 is 0 Å². The van der Waals surface area contributed by atoms with Crippen molar-refractivity contribution < 1.29 is 19.7 Å². The molecule has 2 N–H and O–H groups in total. The molecule has 5 nitrogen and oxygen atoms in total.